The highest BCUT2D eigenvalue weighted by Gasteiger charge is 2.33. The molecular weight excluding hydrogens is 340 g/mol. The minimum atomic E-state index is -3.94. The number of hydrogen-bond acceptors (Lipinski definition) is 5. The van der Waals surface area contributed by atoms with E-state index in [1.807, 2.05) is 0 Å². The van der Waals surface area contributed by atoms with Crippen LogP contribution in [0.1, 0.15) is 19.8 Å². The van der Waals surface area contributed by atoms with Crippen molar-refractivity contribution in [3.05, 3.63) is 24.3 Å². The second-order valence-corrected chi connectivity index (χ2v) is 9.51. The summed E-state index contributed by atoms with van der Waals surface area (Å²) in [5.41, 5.74) is 0. The molecule has 1 aliphatic heterocycles. The molecule has 0 spiro atoms. The zero-order valence-electron chi connectivity index (χ0n) is 13.0. The van der Waals surface area contributed by atoms with Crippen molar-refractivity contribution in [2.75, 3.05) is 19.3 Å². The third-order valence-corrected chi connectivity index (χ3v) is 6.87. The molecule has 1 amide bonds. The number of piperidine rings is 1. The molecule has 1 aromatic carbocycles. The predicted octanol–water partition coefficient (Wildman–Crippen LogP) is 0.379. The van der Waals surface area contributed by atoms with Gasteiger partial charge in [-0.15, -0.1) is 0 Å². The molecule has 1 fully saturated rings. The van der Waals surface area contributed by atoms with E-state index in [2.05, 4.69) is 5.32 Å². The third kappa shape index (κ3) is 4.10. The average Bonchev–Trinajstić information content (AvgIpc) is 2.46. The van der Waals surface area contributed by atoms with Crippen LogP contribution < -0.4 is 5.32 Å². The lowest BCUT2D eigenvalue weighted by molar-refractivity contribution is -0.119. The number of carbonyl (C=O) groups excluding carboxylic acids is 1. The Kier molecular flexibility index (Phi) is 5.12. The Bertz CT molecular complexity index is 802. The standard InChI is InChI=1S/C14H20N2O5S2/c1-11(17)15-12-6-5-9-16(10-12)23(20,21)14-8-4-3-7-13(14)22(2,18)19/h3-4,7-8,12H,5-6,9-10H2,1-2H3,(H,15,17). The van der Waals surface area contributed by atoms with E-state index >= 15 is 0 Å². The highest BCUT2D eigenvalue weighted by Crippen LogP contribution is 2.26. The zero-order valence-corrected chi connectivity index (χ0v) is 14.7. The number of hydrogen-bond donors (Lipinski definition) is 1. The van der Waals surface area contributed by atoms with Gasteiger partial charge in [0.15, 0.2) is 9.84 Å². The maximum Gasteiger partial charge on any atom is 0.244 e. The van der Waals surface area contributed by atoms with E-state index in [0.717, 1.165) is 6.26 Å². The van der Waals surface area contributed by atoms with Crippen LogP contribution in [0.15, 0.2) is 34.1 Å². The molecule has 0 bridgehead atoms. The topological polar surface area (TPSA) is 101 Å². The summed E-state index contributed by atoms with van der Waals surface area (Å²) in [5.74, 6) is -0.217. The molecular formula is C14H20N2O5S2. The van der Waals surface area contributed by atoms with Crippen LogP contribution in [0.2, 0.25) is 0 Å². The second-order valence-electron chi connectivity index (χ2n) is 5.62. The predicted molar refractivity (Wildman–Crippen MR) is 85.1 cm³/mol. The van der Waals surface area contributed by atoms with Crippen LogP contribution in [0.25, 0.3) is 0 Å². The van der Waals surface area contributed by atoms with Gasteiger partial charge in [0.25, 0.3) is 0 Å². The molecule has 1 saturated heterocycles. The van der Waals surface area contributed by atoms with E-state index in [0.29, 0.717) is 19.4 Å². The molecule has 1 aromatic rings. The maximum absolute atomic E-state index is 12.8. The summed E-state index contributed by atoms with van der Waals surface area (Å²) in [6, 6.07) is 5.31. The van der Waals surface area contributed by atoms with Crippen LogP contribution in [-0.4, -0.2) is 52.4 Å². The van der Waals surface area contributed by atoms with Crippen molar-refractivity contribution in [1.82, 2.24) is 9.62 Å². The molecule has 128 valence electrons. The van der Waals surface area contributed by atoms with E-state index in [1.165, 1.54) is 35.5 Å². The van der Waals surface area contributed by atoms with Crippen LogP contribution >= 0.6 is 0 Å². The first-order chi connectivity index (χ1) is 10.6. The summed E-state index contributed by atoms with van der Waals surface area (Å²) < 4.78 is 50.6. The largest absolute Gasteiger partial charge is 0.352 e. The lowest BCUT2D eigenvalue weighted by atomic mass is 10.1. The van der Waals surface area contributed by atoms with E-state index in [-0.39, 0.29) is 28.3 Å². The highest BCUT2D eigenvalue weighted by atomic mass is 32.2. The molecule has 0 aliphatic carbocycles. The number of nitrogens with one attached hydrogen (secondary N) is 1. The Morgan fingerprint density at radius 3 is 2.35 bits per heavy atom. The van der Waals surface area contributed by atoms with Crippen LogP contribution in [0, 0.1) is 0 Å². The maximum atomic E-state index is 12.8. The van der Waals surface area contributed by atoms with E-state index < -0.39 is 19.9 Å². The SMILES string of the molecule is CC(=O)NC1CCCN(S(=O)(=O)c2ccccc2S(C)(=O)=O)C1. The smallest absolute Gasteiger partial charge is 0.244 e. The first-order valence-electron chi connectivity index (χ1n) is 7.18. The molecule has 1 heterocycles. The molecule has 2 rings (SSSR count). The van der Waals surface area contributed by atoms with Gasteiger partial charge >= 0.3 is 0 Å². The molecule has 0 aromatic heterocycles. The minimum absolute atomic E-state index is 0.139. The summed E-state index contributed by atoms with van der Waals surface area (Å²) >= 11 is 0. The monoisotopic (exact) mass is 360 g/mol. The van der Waals surface area contributed by atoms with E-state index in [1.54, 1.807) is 0 Å². The van der Waals surface area contributed by atoms with E-state index in [9.17, 15) is 21.6 Å². The van der Waals surface area contributed by atoms with Gasteiger partial charge in [-0.05, 0) is 25.0 Å². The van der Waals surface area contributed by atoms with Crippen molar-refractivity contribution in [1.29, 1.82) is 0 Å². The van der Waals surface area contributed by atoms with Crippen LogP contribution in [0.3, 0.4) is 0 Å². The van der Waals surface area contributed by atoms with Gasteiger partial charge in [-0.2, -0.15) is 4.31 Å². The Hall–Kier alpha value is -1.45. The van der Waals surface area contributed by atoms with Gasteiger partial charge in [-0.1, -0.05) is 12.1 Å². The number of benzene rings is 1. The summed E-state index contributed by atoms with van der Waals surface area (Å²) in [4.78, 5) is 10.7. The van der Waals surface area contributed by atoms with Gasteiger partial charge in [0.1, 0.15) is 4.90 Å². The van der Waals surface area contributed by atoms with Crippen molar-refractivity contribution >= 4 is 25.8 Å². The Morgan fingerprint density at radius 1 is 1.17 bits per heavy atom. The quantitative estimate of drug-likeness (QED) is 0.836. The molecule has 1 N–H and O–H groups in total. The Morgan fingerprint density at radius 2 is 1.78 bits per heavy atom. The van der Waals surface area contributed by atoms with Crippen molar-refractivity contribution in [2.24, 2.45) is 0 Å². The highest BCUT2D eigenvalue weighted by molar-refractivity contribution is 7.93. The number of sulfonamides is 1. The molecule has 1 unspecified atom stereocenters. The van der Waals surface area contributed by atoms with Gasteiger partial charge in [-0.25, -0.2) is 16.8 Å². The van der Waals surface area contributed by atoms with Gasteiger partial charge < -0.3 is 5.32 Å². The lowest BCUT2D eigenvalue weighted by Gasteiger charge is -2.32. The fourth-order valence-corrected chi connectivity index (χ4v) is 5.80. The van der Waals surface area contributed by atoms with Gasteiger partial charge in [-0.3, -0.25) is 4.79 Å². The molecule has 0 radical (unpaired) electrons. The summed E-state index contributed by atoms with van der Waals surface area (Å²) in [6.07, 6.45) is 2.28. The second kappa shape index (κ2) is 6.58. The fraction of sp³-hybridized carbons (Fsp3) is 0.500. The van der Waals surface area contributed by atoms with Crippen molar-refractivity contribution in [3.8, 4) is 0 Å². The van der Waals surface area contributed by atoms with Crippen LogP contribution in [0.4, 0.5) is 0 Å². The molecule has 9 heteroatoms. The molecule has 0 saturated carbocycles. The van der Waals surface area contributed by atoms with E-state index in [4.69, 9.17) is 0 Å². The summed E-state index contributed by atoms with van der Waals surface area (Å²) in [7, 11) is -7.61. The molecule has 23 heavy (non-hydrogen) atoms. The number of sulfone groups is 1. The number of nitrogens with zero attached hydrogens (tertiary/aromatic N) is 1. The molecule has 7 nitrogen and oxygen atoms in total. The fourth-order valence-electron chi connectivity index (χ4n) is 2.67. The number of carbonyl (C=O) groups is 1. The average molecular weight is 360 g/mol. The van der Waals surface area contributed by atoms with Gasteiger partial charge in [0, 0.05) is 32.3 Å². The van der Waals surface area contributed by atoms with Crippen molar-refractivity contribution in [3.63, 3.8) is 0 Å². The number of amides is 1. The van der Waals surface area contributed by atoms with Crippen LogP contribution in [-0.2, 0) is 24.7 Å². The first kappa shape index (κ1) is 17.9. The zero-order chi connectivity index (χ0) is 17.3. The minimum Gasteiger partial charge on any atom is -0.352 e. The Balaban J connectivity index is 2.38. The third-order valence-electron chi connectivity index (χ3n) is 3.66. The lowest BCUT2D eigenvalue weighted by Crippen LogP contribution is -2.49. The number of rotatable bonds is 4. The Labute approximate surface area is 136 Å². The molecule has 1 atom stereocenters. The first-order valence-corrected chi connectivity index (χ1v) is 10.5. The summed E-state index contributed by atoms with van der Waals surface area (Å²) in [6.45, 7) is 1.82. The van der Waals surface area contributed by atoms with Crippen molar-refractivity contribution < 1.29 is 21.6 Å². The van der Waals surface area contributed by atoms with Crippen molar-refractivity contribution in [2.45, 2.75) is 35.6 Å². The van der Waals surface area contributed by atoms with Gasteiger partial charge in [0.05, 0.1) is 4.90 Å². The normalized spacial score (nSPS) is 20.2. The molecule has 1 aliphatic rings. The van der Waals surface area contributed by atoms with Gasteiger partial charge in [0.2, 0.25) is 15.9 Å². The summed E-state index contributed by atoms with van der Waals surface area (Å²) in [5, 5.41) is 2.72. The van der Waals surface area contributed by atoms with Crippen LogP contribution in [0.5, 0.6) is 0 Å².